The number of hydrogen-bond donors (Lipinski definition) is 1. The van der Waals surface area contributed by atoms with Crippen LogP contribution in [0.2, 0.25) is 0 Å². The van der Waals surface area contributed by atoms with Crippen LogP contribution in [0.1, 0.15) is 31.3 Å². The Morgan fingerprint density at radius 2 is 2.08 bits per heavy atom. The Hall–Kier alpha value is -2.31. The summed E-state index contributed by atoms with van der Waals surface area (Å²) in [6.45, 7) is 4.18. The van der Waals surface area contributed by atoms with E-state index in [4.69, 9.17) is 4.98 Å². The number of aromatic nitrogens is 4. The molecule has 0 fully saturated rings. The maximum atomic E-state index is 4.92. The van der Waals surface area contributed by atoms with Gasteiger partial charge in [0, 0.05) is 23.1 Å². The number of nitrogens with one attached hydrogen (secondary N) is 1. The van der Waals surface area contributed by atoms with E-state index < -0.39 is 0 Å². The molecule has 6 heteroatoms. The smallest absolute Gasteiger partial charge is 0.142 e. The highest BCUT2D eigenvalue weighted by molar-refractivity contribution is 7.16. The molecular weight excluding hydrogens is 360 g/mol. The van der Waals surface area contributed by atoms with Gasteiger partial charge in [0.15, 0.2) is 0 Å². The van der Waals surface area contributed by atoms with Gasteiger partial charge in [0.05, 0.1) is 21.4 Å². The third kappa shape index (κ3) is 3.48. The summed E-state index contributed by atoms with van der Waals surface area (Å²) in [6, 6.07) is 6.34. The molecule has 132 valence electrons. The Kier molecular flexibility index (Phi) is 4.95. The average molecular weight is 381 g/mol. The topological polar surface area (TPSA) is 54.5 Å². The second kappa shape index (κ2) is 7.51. The molecule has 0 aliphatic heterocycles. The number of nitrogens with zero attached hydrogens (tertiary/aromatic N) is 3. The molecule has 3 heterocycles. The highest BCUT2D eigenvalue weighted by Gasteiger charge is 2.17. The fraction of sp³-hybridized carbons (Fsp3) is 0.250. The standard InChI is InChI=1S/C20H20N4S2/c1-3-4-5-6-7-17-23-18(19(24-17)20-22-13(2)11-25-20)14-8-9-15-16(10-14)26-12-21-15/h4-5,8-12H,3,6-7H2,1-2H3,(H,23,24). The van der Waals surface area contributed by atoms with Crippen LogP contribution in [-0.4, -0.2) is 19.9 Å². The average Bonchev–Trinajstić information content (AvgIpc) is 3.37. The Labute approximate surface area is 160 Å². The molecule has 0 atom stereocenters. The van der Waals surface area contributed by atoms with Crippen LogP contribution in [0.3, 0.4) is 0 Å². The van der Waals surface area contributed by atoms with Crippen LogP contribution in [0.25, 0.3) is 32.2 Å². The lowest BCUT2D eigenvalue weighted by Gasteiger charge is -2.00. The molecule has 0 saturated carbocycles. The summed E-state index contributed by atoms with van der Waals surface area (Å²) in [5, 5.41) is 3.07. The quantitative estimate of drug-likeness (QED) is 0.416. The van der Waals surface area contributed by atoms with Crippen LogP contribution >= 0.6 is 22.7 Å². The summed E-state index contributed by atoms with van der Waals surface area (Å²) in [4.78, 5) is 17.5. The van der Waals surface area contributed by atoms with E-state index in [9.17, 15) is 0 Å². The number of rotatable bonds is 6. The monoisotopic (exact) mass is 380 g/mol. The first-order chi connectivity index (χ1) is 12.7. The van der Waals surface area contributed by atoms with Gasteiger partial charge >= 0.3 is 0 Å². The number of hydrogen-bond acceptors (Lipinski definition) is 5. The van der Waals surface area contributed by atoms with Gasteiger partial charge in [-0.2, -0.15) is 0 Å². The molecule has 0 bridgehead atoms. The third-order valence-electron chi connectivity index (χ3n) is 4.14. The molecule has 3 aromatic heterocycles. The van der Waals surface area contributed by atoms with Crippen LogP contribution in [0.5, 0.6) is 0 Å². The van der Waals surface area contributed by atoms with E-state index in [1.165, 1.54) is 4.70 Å². The number of H-pyrrole nitrogens is 1. The molecule has 0 aliphatic carbocycles. The number of fused-ring (bicyclic) bond motifs is 1. The Morgan fingerprint density at radius 3 is 2.88 bits per heavy atom. The van der Waals surface area contributed by atoms with Crippen molar-refractivity contribution < 1.29 is 0 Å². The van der Waals surface area contributed by atoms with Crippen molar-refractivity contribution in [2.45, 2.75) is 33.1 Å². The number of aryl methyl sites for hydroxylation is 2. The van der Waals surface area contributed by atoms with Crippen molar-refractivity contribution in [1.29, 1.82) is 0 Å². The van der Waals surface area contributed by atoms with Crippen LogP contribution in [0.4, 0.5) is 0 Å². The van der Waals surface area contributed by atoms with Crippen molar-refractivity contribution in [2.24, 2.45) is 0 Å². The molecule has 0 radical (unpaired) electrons. The Balaban J connectivity index is 1.75. The van der Waals surface area contributed by atoms with Gasteiger partial charge in [0.25, 0.3) is 0 Å². The zero-order chi connectivity index (χ0) is 17.9. The van der Waals surface area contributed by atoms with Gasteiger partial charge in [-0.15, -0.1) is 22.7 Å². The molecule has 26 heavy (non-hydrogen) atoms. The summed E-state index contributed by atoms with van der Waals surface area (Å²) in [5.74, 6) is 1.01. The highest BCUT2D eigenvalue weighted by atomic mass is 32.1. The van der Waals surface area contributed by atoms with Gasteiger partial charge in [-0.25, -0.2) is 15.0 Å². The second-order valence-electron chi connectivity index (χ2n) is 6.15. The van der Waals surface area contributed by atoms with Crippen molar-refractivity contribution in [3.63, 3.8) is 0 Å². The maximum Gasteiger partial charge on any atom is 0.142 e. The molecule has 4 aromatic rings. The van der Waals surface area contributed by atoms with Crippen LogP contribution in [0.15, 0.2) is 41.2 Å². The van der Waals surface area contributed by atoms with Crippen molar-refractivity contribution in [3.8, 4) is 22.0 Å². The van der Waals surface area contributed by atoms with Crippen molar-refractivity contribution in [2.75, 3.05) is 0 Å². The third-order valence-corrected chi connectivity index (χ3v) is 5.91. The minimum atomic E-state index is 0.899. The van der Waals surface area contributed by atoms with E-state index in [0.717, 1.165) is 58.3 Å². The molecule has 1 N–H and O–H groups in total. The molecule has 4 rings (SSSR count). The highest BCUT2D eigenvalue weighted by Crippen LogP contribution is 2.34. The van der Waals surface area contributed by atoms with Gasteiger partial charge in [0.2, 0.25) is 0 Å². The van der Waals surface area contributed by atoms with E-state index in [-0.39, 0.29) is 0 Å². The van der Waals surface area contributed by atoms with E-state index in [1.54, 1.807) is 22.7 Å². The number of aromatic amines is 1. The summed E-state index contributed by atoms with van der Waals surface area (Å²) < 4.78 is 1.18. The van der Waals surface area contributed by atoms with E-state index in [0.29, 0.717) is 0 Å². The van der Waals surface area contributed by atoms with E-state index >= 15 is 0 Å². The summed E-state index contributed by atoms with van der Waals surface area (Å²) in [5.41, 5.74) is 7.05. The van der Waals surface area contributed by atoms with Crippen molar-refractivity contribution in [1.82, 2.24) is 19.9 Å². The van der Waals surface area contributed by atoms with Gasteiger partial charge in [-0.05, 0) is 31.9 Å². The number of allylic oxidation sites excluding steroid dienone is 2. The van der Waals surface area contributed by atoms with Gasteiger partial charge in [-0.3, -0.25) is 0 Å². The number of benzene rings is 1. The first-order valence-corrected chi connectivity index (χ1v) is 10.5. The molecule has 0 saturated heterocycles. The molecule has 4 nitrogen and oxygen atoms in total. The van der Waals surface area contributed by atoms with Crippen LogP contribution < -0.4 is 0 Å². The fourth-order valence-corrected chi connectivity index (χ4v) is 4.39. The first-order valence-electron chi connectivity index (χ1n) is 8.74. The summed E-state index contributed by atoms with van der Waals surface area (Å²) in [7, 11) is 0. The first kappa shape index (κ1) is 17.1. The maximum absolute atomic E-state index is 4.92. The largest absolute Gasteiger partial charge is 0.339 e. The molecule has 0 amide bonds. The van der Waals surface area contributed by atoms with E-state index in [1.807, 2.05) is 12.4 Å². The number of imidazole rings is 1. The second-order valence-corrected chi connectivity index (χ2v) is 7.90. The molecule has 0 unspecified atom stereocenters. The SMILES string of the molecule is CCC=CCCc1nc(-c2ccc3ncsc3c2)c(-c2nc(C)cs2)[nH]1. The van der Waals surface area contributed by atoms with Gasteiger partial charge < -0.3 is 4.98 Å². The minimum Gasteiger partial charge on any atom is -0.339 e. The van der Waals surface area contributed by atoms with Crippen molar-refractivity contribution in [3.05, 3.63) is 52.8 Å². The van der Waals surface area contributed by atoms with Crippen molar-refractivity contribution >= 4 is 32.9 Å². The lowest BCUT2D eigenvalue weighted by atomic mass is 10.1. The van der Waals surface area contributed by atoms with Gasteiger partial charge in [-0.1, -0.05) is 25.1 Å². The van der Waals surface area contributed by atoms with Crippen LogP contribution in [0, 0.1) is 6.92 Å². The zero-order valence-electron chi connectivity index (χ0n) is 14.8. The fourth-order valence-electron chi connectivity index (χ4n) is 2.88. The Bertz CT molecular complexity index is 1050. The molecule has 0 aliphatic rings. The predicted molar refractivity (Wildman–Crippen MR) is 111 cm³/mol. The molecule has 0 spiro atoms. The predicted octanol–water partition coefficient (Wildman–Crippen LogP) is 6.02. The van der Waals surface area contributed by atoms with E-state index in [2.05, 4.69) is 57.6 Å². The lowest BCUT2D eigenvalue weighted by molar-refractivity contribution is 0.907. The molecular formula is C20H20N4S2. The van der Waals surface area contributed by atoms with Crippen LogP contribution in [-0.2, 0) is 6.42 Å². The lowest BCUT2D eigenvalue weighted by Crippen LogP contribution is -1.86. The number of thiazole rings is 2. The minimum absolute atomic E-state index is 0.899. The Morgan fingerprint density at radius 1 is 1.15 bits per heavy atom. The molecule has 1 aromatic carbocycles. The normalized spacial score (nSPS) is 11.8. The summed E-state index contributed by atoms with van der Waals surface area (Å²) in [6.07, 6.45) is 7.38. The van der Waals surface area contributed by atoms with Gasteiger partial charge in [0.1, 0.15) is 16.5 Å². The zero-order valence-corrected chi connectivity index (χ0v) is 16.5. The summed E-state index contributed by atoms with van der Waals surface area (Å²) >= 11 is 3.31.